The Bertz CT molecular complexity index is 1520. The van der Waals surface area contributed by atoms with Crippen LogP contribution in [0.15, 0.2) is 66.0 Å². The van der Waals surface area contributed by atoms with Gasteiger partial charge in [0.15, 0.2) is 0 Å². The Balaban J connectivity index is 1.46. The van der Waals surface area contributed by atoms with Crippen molar-refractivity contribution in [2.45, 2.75) is 62.4 Å². The Morgan fingerprint density at radius 3 is 2.69 bits per heavy atom. The SMILES string of the molecule is CCc1cc(-c2ccc3ncccc3c2)cc(S(=O)(=O)N[C@@H]2C[C@H](n3cnnc3C)CC(F)(F)C2)c1. The van der Waals surface area contributed by atoms with Crippen molar-refractivity contribution in [1.82, 2.24) is 24.5 Å². The molecule has 2 aromatic carbocycles. The van der Waals surface area contributed by atoms with Crippen LogP contribution in [0.1, 0.15) is 43.6 Å². The molecule has 10 heteroatoms. The number of fused-ring (bicyclic) bond motifs is 1. The fraction of sp³-hybridized carbons (Fsp3) is 0.346. The van der Waals surface area contributed by atoms with E-state index in [9.17, 15) is 17.2 Å². The molecule has 0 aliphatic heterocycles. The first kappa shape index (κ1) is 24.5. The van der Waals surface area contributed by atoms with E-state index in [1.807, 2.05) is 43.3 Å². The van der Waals surface area contributed by atoms with Crippen LogP contribution in [0.25, 0.3) is 22.0 Å². The molecule has 2 atom stereocenters. The molecule has 1 saturated carbocycles. The lowest BCUT2D eigenvalue weighted by Crippen LogP contribution is -2.45. The first-order valence-electron chi connectivity index (χ1n) is 11.9. The zero-order valence-corrected chi connectivity index (χ0v) is 20.8. The summed E-state index contributed by atoms with van der Waals surface area (Å²) in [6.07, 6.45) is 3.06. The molecule has 1 N–H and O–H groups in total. The molecule has 2 aromatic heterocycles. The Kier molecular flexibility index (Phi) is 6.34. The van der Waals surface area contributed by atoms with Gasteiger partial charge in [-0.15, -0.1) is 10.2 Å². The Hall–Kier alpha value is -3.24. The lowest BCUT2D eigenvalue weighted by molar-refractivity contribution is -0.0579. The minimum absolute atomic E-state index is 0.0639. The molecule has 5 rings (SSSR count). The van der Waals surface area contributed by atoms with Gasteiger partial charge in [0.2, 0.25) is 10.0 Å². The number of halogens is 2. The normalized spacial score (nSPS) is 20.0. The van der Waals surface area contributed by atoms with Crippen LogP contribution < -0.4 is 4.72 Å². The third-order valence-corrected chi connectivity index (χ3v) is 8.22. The number of rotatable bonds is 6. The van der Waals surface area contributed by atoms with Crippen LogP contribution in [0, 0.1) is 6.92 Å². The molecule has 0 amide bonds. The predicted octanol–water partition coefficient (Wildman–Crippen LogP) is 5.07. The van der Waals surface area contributed by atoms with Gasteiger partial charge in [-0.3, -0.25) is 4.98 Å². The van der Waals surface area contributed by atoms with Crippen LogP contribution in [0.5, 0.6) is 0 Å². The Morgan fingerprint density at radius 1 is 1.11 bits per heavy atom. The van der Waals surface area contributed by atoms with Crippen LogP contribution in [0.3, 0.4) is 0 Å². The van der Waals surface area contributed by atoms with Crippen molar-refractivity contribution in [1.29, 1.82) is 0 Å². The summed E-state index contributed by atoms with van der Waals surface area (Å²) in [7, 11) is -4.05. The number of hydrogen-bond donors (Lipinski definition) is 1. The molecule has 7 nitrogen and oxygen atoms in total. The second-order valence-electron chi connectivity index (χ2n) is 9.39. The van der Waals surface area contributed by atoms with Crippen LogP contribution >= 0.6 is 0 Å². The summed E-state index contributed by atoms with van der Waals surface area (Å²) in [5.74, 6) is -2.49. The molecule has 0 bridgehead atoms. The average molecular weight is 512 g/mol. The molecule has 188 valence electrons. The van der Waals surface area contributed by atoms with Crippen molar-refractivity contribution in [2.75, 3.05) is 0 Å². The molecular formula is C26H27F2N5O2S. The molecule has 36 heavy (non-hydrogen) atoms. The molecular weight excluding hydrogens is 484 g/mol. The van der Waals surface area contributed by atoms with Gasteiger partial charge in [0, 0.05) is 36.5 Å². The predicted molar refractivity (Wildman–Crippen MR) is 133 cm³/mol. The molecule has 1 fully saturated rings. The summed E-state index contributed by atoms with van der Waals surface area (Å²) in [6.45, 7) is 3.64. The second kappa shape index (κ2) is 9.33. The van der Waals surface area contributed by atoms with Crippen molar-refractivity contribution < 1.29 is 17.2 Å². The van der Waals surface area contributed by atoms with Crippen LogP contribution in [-0.2, 0) is 16.4 Å². The summed E-state index contributed by atoms with van der Waals surface area (Å²) >= 11 is 0. The number of benzene rings is 2. The van der Waals surface area contributed by atoms with E-state index in [0.717, 1.165) is 27.6 Å². The number of aromatic nitrogens is 4. The number of pyridine rings is 1. The Labute approximate surface area is 208 Å². The minimum Gasteiger partial charge on any atom is -0.314 e. The Morgan fingerprint density at radius 2 is 1.94 bits per heavy atom. The molecule has 0 unspecified atom stereocenters. The van der Waals surface area contributed by atoms with Gasteiger partial charge in [-0.25, -0.2) is 21.9 Å². The molecule has 1 aliphatic carbocycles. The van der Waals surface area contributed by atoms with Crippen LogP contribution in [-0.4, -0.2) is 40.1 Å². The molecule has 2 heterocycles. The van der Waals surface area contributed by atoms with Crippen molar-refractivity contribution >= 4 is 20.9 Å². The standard InChI is InChI=1S/C26H27F2N5O2S/c1-3-18-9-21(19-6-7-25-20(11-19)5-4-8-29-25)12-24(10-18)36(34,35)32-22-13-23(15-26(27,28)14-22)33-16-30-31-17(33)2/h4-12,16,22-23,32H,3,13-15H2,1-2H3/t22-,23+/m1/s1. The number of nitrogens with one attached hydrogen (secondary N) is 1. The summed E-state index contributed by atoms with van der Waals surface area (Å²) in [4.78, 5) is 4.40. The zero-order valence-electron chi connectivity index (χ0n) is 20.0. The van der Waals surface area contributed by atoms with Crippen molar-refractivity contribution in [3.63, 3.8) is 0 Å². The van der Waals surface area contributed by atoms with Crippen molar-refractivity contribution in [3.05, 3.63) is 72.4 Å². The van der Waals surface area contributed by atoms with E-state index >= 15 is 0 Å². The zero-order chi connectivity index (χ0) is 25.5. The van der Waals surface area contributed by atoms with Gasteiger partial charge in [0.1, 0.15) is 12.2 Å². The highest BCUT2D eigenvalue weighted by Crippen LogP contribution is 2.40. The van der Waals surface area contributed by atoms with E-state index in [1.54, 1.807) is 29.8 Å². The lowest BCUT2D eigenvalue weighted by atomic mass is 9.88. The number of nitrogens with zero attached hydrogens (tertiary/aromatic N) is 4. The number of alkyl halides is 2. The van der Waals surface area contributed by atoms with E-state index in [4.69, 9.17) is 0 Å². The minimum atomic E-state index is -4.05. The molecule has 0 radical (unpaired) electrons. The molecule has 1 aliphatic rings. The first-order chi connectivity index (χ1) is 17.1. The van der Waals surface area contributed by atoms with Gasteiger partial charge in [-0.1, -0.05) is 25.1 Å². The van der Waals surface area contributed by atoms with E-state index in [1.165, 1.54) is 6.33 Å². The fourth-order valence-electron chi connectivity index (χ4n) is 4.97. The van der Waals surface area contributed by atoms with Crippen LogP contribution in [0.4, 0.5) is 8.78 Å². The van der Waals surface area contributed by atoms with Gasteiger partial charge in [-0.05, 0) is 66.8 Å². The maximum atomic E-state index is 14.6. The van der Waals surface area contributed by atoms with E-state index < -0.39 is 34.5 Å². The highest BCUT2D eigenvalue weighted by Gasteiger charge is 2.43. The van der Waals surface area contributed by atoms with E-state index in [2.05, 4.69) is 19.9 Å². The summed E-state index contributed by atoms with van der Waals surface area (Å²) in [5.41, 5.74) is 3.28. The average Bonchev–Trinajstić information content (AvgIpc) is 3.28. The topological polar surface area (TPSA) is 89.8 Å². The number of aryl methyl sites for hydroxylation is 2. The van der Waals surface area contributed by atoms with Gasteiger partial charge < -0.3 is 4.57 Å². The fourth-order valence-corrected chi connectivity index (χ4v) is 6.32. The third-order valence-electron chi connectivity index (χ3n) is 6.72. The van der Waals surface area contributed by atoms with E-state index in [-0.39, 0.29) is 17.7 Å². The van der Waals surface area contributed by atoms with Gasteiger partial charge in [-0.2, -0.15) is 0 Å². The monoisotopic (exact) mass is 511 g/mol. The highest BCUT2D eigenvalue weighted by atomic mass is 32.2. The molecule has 4 aromatic rings. The van der Waals surface area contributed by atoms with Gasteiger partial charge in [0.05, 0.1) is 10.4 Å². The van der Waals surface area contributed by atoms with E-state index in [0.29, 0.717) is 12.2 Å². The van der Waals surface area contributed by atoms with Crippen molar-refractivity contribution in [2.24, 2.45) is 0 Å². The maximum Gasteiger partial charge on any atom is 0.251 e. The van der Waals surface area contributed by atoms with Crippen molar-refractivity contribution in [3.8, 4) is 11.1 Å². The number of sulfonamides is 1. The number of hydrogen-bond acceptors (Lipinski definition) is 5. The lowest BCUT2D eigenvalue weighted by Gasteiger charge is -2.35. The second-order valence-corrected chi connectivity index (χ2v) is 11.1. The third kappa shape index (κ3) is 5.01. The maximum absolute atomic E-state index is 14.6. The van der Waals surface area contributed by atoms with Gasteiger partial charge >= 0.3 is 0 Å². The van der Waals surface area contributed by atoms with Gasteiger partial charge in [0.25, 0.3) is 5.92 Å². The van der Waals surface area contributed by atoms with Crippen LogP contribution in [0.2, 0.25) is 0 Å². The highest BCUT2D eigenvalue weighted by molar-refractivity contribution is 7.89. The summed E-state index contributed by atoms with van der Waals surface area (Å²) in [5, 5.41) is 8.63. The largest absolute Gasteiger partial charge is 0.314 e. The summed E-state index contributed by atoms with van der Waals surface area (Å²) < 4.78 is 60.3. The molecule has 0 spiro atoms. The summed E-state index contributed by atoms with van der Waals surface area (Å²) in [6, 6.07) is 13.2. The first-order valence-corrected chi connectivity index (χ1v) is 13.4. The smallest absolute Gasteiger partial charge is 0.251 e. The molecule has 0 saturated heterocycles. The quantitative estimate of drug-likeness (QED) is 0.390.